The molecule has 2 rings (SSSR count). The van der Waals surface area contributed by atoms with E-state index in [0.717, 1.165) is 44.3 Å². The van der Waals surface area contributed by atoms with Crippen molar-refractivity contribution < 1.29 is 0 Å². The number of halogens is 1. The maximum absolute atomic E-state index is 4.48. The Bertz CT molecular complexity index is 622. The van der Waals surface area contributed by atoms with E-state index in [-0.39, 0.29) is 24.0 Å². The van der Waals surface area contributed by atoms with Gasteiger partial charge in [-0.25, -0.2) is 4.98 Å². The largest absolute Gasteiger partial charge is 0.356 e. The minimum atomic E-state index is 0. The highest BCUT2D eigenvalue weighted by atomic mass is 127. The third-order valence-electron chi connectivity index (χ3n) is 3.88. The molecule has 1 aromatic carbocycles. The van der Waals surface area contributed by atoms with Crippen LogP contribution in [0, 0.1) is 5.92 Å². The Morgan fingerprint density at radius 3 is 2.56 bits per heavy atom. The quantitative estimate of drug-likeness (QED) is 0.365. The van der Waals surface area contributed by atoms with Gasteiger partial charge in [0.15, 0.2) is 5.96 Å². The lowest BCUT2D eigenvalue weighted by Crippen LogP contribution is -2.39. The predicted octanol–water partition coefficient (Wildman–Crippen LogP) is 3.30. The second kappa shape index (κ2) is 11.9. The first-order chi connectivity index (χ1) is 11.7. The molecule has 0 saturated heterocycles. The fourth-order valence-electron chi connectivity index (χ4n) is 2.48. The van der Waals surface area contributed by atoms with Crippen molar-refractivity contribution in [2.45, 2.75) is 33.2 Å². The summed E-state index contributed by atoms with van der Waals surface area (Å²) < 4.78 is 2.20. The number of benzene rings is 1. The van der Waals surface area contributed by atoms with E-state index in [9.17, 15) is 0 Å². The third kappa shape index (κ3) is 7.90. The number of aromatic nitrogens is 2. The van der Waals surface area contributed by atoms with Gasteiger partial charge < -0.3 is 15.2 Å². The van der Waals surface area contributed by atoms with E-state index >= 15 is 0 Å². The van der Waals surface area contributed by atoms with Crippen LogP contribution in [0.2, 0.25) is 0 Å². The fraction of sp³-hybridized carbons (Fsp3) is 0.474. The zero-order valence-corrected chi connectivity index (χ0v) is 17.7. The van der Waals surface area contributed by atoms with Crippen molar-refractivity contribution in [2.75, 3.05) is 20.1 Å². The van der Waals surface area contributed by atoms with Crippen LogP contribution in [0.4, 0.5) is 0 Å². The van der Waals surface area contributed by atoms with Gasteiger partial charge in [0, 0.05) is 45.5 Å². The molecule has 0 bridgehead atoms. The summed E-state index contributed by atoms with van der Waals surface area (Å²) in [6.45, 7) is 7.07. The van der Waals surface area contributed by atoms with Gasteiger partial charge in [0.05, 0.1) is 0 Å². The Labute approximate surface area is 168 Å². The summed E-state index contributed by atoms with van der Waals surface area (Å²) in [5.74, 6) is 2.64. The smallest absolute Gasteiger partial charge is 0.190 e. The molecule has 0 atom stereocenters. The molecule has 0 saturated carbocycles. The first kappa shape index (κ1) is 21.5. The molecule has 0 spiro atoms. The van der Waals surface area contributed by atoms with Gasteiger partial charge in [-0.15, -0.1) is 24.0 Å². The molecular formula is C19H30IN5. The van der Waals surface area contributed by atoms with Gasteiger partial charge >= 0.3 is 0 Å². The van der Waals surface area contributed by atoms with Crippen molar-refractivity contribution in [3.05, 3.63) is 54.1 Å². The molecule has 0 aliphatic heterocycles. The number of imidazole rings is 1. The SMILES string of the molecule is CN=C(NCCc1nccn1Cc1ccccc1)NCCC(C)C.I. The van der Waals surface area contributed by atoms with Crippen molar-refractivity contribution >= 4 is 29.9 Å². The molecule has 2 aromatic rings. The molecular weight excluding hydrogens is 425 g/mol. The van der Waals surface area contributed by atoms with Gasteiger partial charge in [0.25, 0.3) is 0 Å². The number of guanidine groups is 1. The van der Waals surface area contributed by atoms with Crippen molar-refractivity contribution in [2.24, 2.45) is 10.9 Å². The summed E-state index contributed by atoms with van der Waals surface area (Å²) in [5, 5.41) is 6.71. The molecule has 5 nitrogen and oxygen atoms in total. The minimum Gasteiger partial charge on any atom is -0.356 e. The van der Waals surface area contributed by atoms with Gasteiger partial charge in [0.1, 0.15) is 5.82 Å². The van der Waals surface area contributed by atoms with Crippen LogP contribution in [-0.4, -0.2) is 35.6 Å². The van der Waals surface area contributed by atoms with Crippen LogP contribution in [0.15, 0.2) is 47.7 Å². The van der Waals surface area contributed by atoms with Gasteiger partial charge in [0.2, 0.25) is 0 Å². The standard InChI is InChI=1S/C19H29N5.HI/c1-16(2)9-11-22-19(20-3)23-12-10-18-21-13-14-24(18)15-17-7-5-4-6-8-17;/h4-8,13-14,16H,9-12,15H2,1-3H3,(H2,20,22,23);1H. The highest BCUT2D eigenvalue weighted by molar-refractivity contribution is 14.0. The number of hydrogen-bond donors (Lipinski definition) is 2. The van der Waals surface area contributed by atoms with Crippen LogP contribution in [0.3, 0.4) is 0 Å². The third-order valence-corrected chi connectivity index (χ3v) is 3.88. The molecule has 0 fully saturated rings. The van der Waals surface area contributed by atoms with E-state index in [1.807, 2.05) is 18.5 Å². The Balaban J connectivity index is 0.00000312. The monoisotopic (exact) mass is 455 g/mol. The molecule has 2 N–H and O–H groups in total. The number of rotatable bonds is 8. The second-order valence-corrected chi connectivity index (χ2v) is 6.32. The van der Waals surface area contributed by atoms with E-state index in [1.165, 1.54) is 5.56 Å². The summed E-state index contributed by atoms with van der Waals surface area (Å²) in [6, 6.07) is 10.5. The van der Waals surface area contributed by atoms with E-state index in [2.05, 4.69) is 63.3 Å². The second-order valence-electron chi connectivity index (χ2n) is 6.32. The average Bonchev–Trinajstić information content (AvgIpc) is 3.01. The van der Waals surface area contributed by atoms with E-state index in [0.29, 0.717) is 5.92 Å². The maximum atomic E-state index is 4.48. The summed E-state index contributed by atoms with van der Waals surface area (Å²) in [7, 11) is 1.81. The molecule has 0 unspecified atom stereocenters. The van der Waals surface area contributed by atoms with Crippen molar-refractivity contribution in [3.8, 4) is 0 Å². The fourth-order valence-corrected chi connectivity index (χ4v) is 2.48. The Morgan fingerprint density at radius 2 is 1.88 bits per heavy atom. The summed E-state index contributed by atoms with van der Waals surface area (Å²) in [5.41, 5.74) is 1.29. The van der Waals surface area contributed by atoms with Crippen molar-refractivity contribution in [3.63, 3.8) is 0 Å². The maximum Gasteiger partial charge on any atom is 0.190 e. The number of nitrogens with zero attached hydrogens (tertiary/aromatic N) is 3. The highest BCUT2D eigenvalue weighted by Crippen LogP contribution is 2.05. The summed E-state index contributed by atoms with van der Waals surface area (Å²) in [6.07, 6.45) is 5.92. The lowest BCUT2D eigenvalue weighted by Gasteiger charge is -2.13. The number of nitrogens with one attached hydrogen (secondary N) is 2. The molecule has 0 radical (unpaired) electrons. The first-order valence-electron chi connectivity index (χ1n) is 8.67. The van der Waals surface area contributed by atoms with Crippen LogP contribution in [0.1, 0.15) is 31.7 Å². The van der Waals surface area contributed by atoms with Gasteiger partial charge in [-0.1, -0.05) is 44.2 Å². The molecule has 1 heterocycles. The van der Waals surface area contributed by atoms with Crippen LogP contribution in [0.25, 0.3) is 0 Å². The molecule has 0 aliphatic carbocycles. The summed E-state index contributed by atoms with van der Waals surface area (Å²) in [4.78, 5) is 8.74. The molecule has 0 amide bonds. The molecule has 0 aliphatic rings. The summed E-state index contributed by atoms with van der Waals surface area (Å²) >= 11 is 0. The van der Waals surface area contributed by atoms with E-state index < -0.39 is 0 Å². The zero-order chi connectivity index (χ0) is 17.2. The van der Waals surface area contributed by atoms with Crippen molar-refractivity contribution in [1.82, 2.24) is 20.2 Å². The molecule has 25 heavy (non-hydrogen) atoms. The first-order valence-corrected chi connectivity index (χ1v) is 8.67. The Kier molecular flexibility index (Phi) is 10.2. The van der Waals surface area contributed by atoms with Crippen LogP contribution >= 0.6 is 24.0 Å². The molecule has 1 aromatic heterocycles. The van der Waals surface area contributed by atoms with Crippen LogP contribution in [0.5, 0.6) is 0 Å². The normalized spacial score (nSPS) is 11.3. The van der Waals surface area contributed by atoms with Gasteiger partial charge in [-0.2, -0.15) is 0 Å². The average molecular weight is 455 g/mol. The number of aliphatic imine (C=N–C) groups is 1. The molecule has 138 valence electrons. The Hall–Kier alpha value is -1.57. The predicted molar refractivity (Wildman–Crippen MR) is 116 cm³/mol. The lowest BCUT2D eigenvalue weighted by molar-refractivity contribution is 0.573. The number of hydrogen-bond acceptors (Lipinski definition) is 2. The van der Waals surface area contributed by atoms with E-state index in [4.69, 9.17) is 0 Å². The van der Waals surface area contributed by atoms with Crippen LogP contribution < -0.4 is 10.6 Å². The Morgan fingerprint density at radius 1 is 1.16 bits per heavy atom. The zero-order valence-electron chi connectivity index (χ0n) is 15.4. The van der Waals surface area contributed by atoms with Crippen LogP contribution in [-0.2, 0) is 13.0 Å². The topological polar surface area (TPSA) is 54.2 Å². The lowest BCUT2D eigenvalue weighted by atomic mass is 10.1. The minimum absolute atomic E-state index is 0. The van der Waals surface area contributed by atoms with Gasteiger partial charge in [-0.3, -0.25) is 4.99 Å². The van der Waals surface area contributed by atoms with E-state index in [1.54, 1.807) is 7.05 Å². The molecule has 6 heteroatoms. The van der Waals surface area contributed by atoms with Crippen molar-refractivity contribution in [1.29, 1.82) is 0 Å². The highest BCUT2D eigenvalue weighted by Gasteiger charge is 2.04. The van der Waals surface area contributed by atoms with Gasteiger partial charge in [-0.05, 0) is 17.9 Å².